The molecule has 3 rings (SSSR count). The number of aromatic nitrogens is 3. The van der Waals surface area contributed by atoms with E-state index < -0.39 is 41.1 Å². The van der Waals surface area contributed by atoms with E-state index in [9.17, 15) is 30.1 Å². The molecule has 0 spiro atoms. The van der Waals surface area contributed by atoms with Crippen LogP contribution in [0.15, 0.2) is 46.2 Å². The Bertz CT molecular complexity index is 1530. The van der Waals surface area contributed by atoms with Crippen LogP contribution in [-0.4, -0.2) is 50.9 Å². The smallest absolute Gasteiger partial charge is 0.296 e. The lowest BCUT2D eigenvalue weighted by Gasteiger charge is -2.13. The molecular formula is C19H20ClN5O8S3. The summed E-state index contributed by atoms with van der Waals surface area (Å²) in [6, 6.07) is 8.11. The summed E-state index contributed by atoms with van der Waals surface area (Å²) in [6.07, 6.45) is 0.682. The van der Waals surface area contributed by atoms with Gasteiger partial charge in [-0.25, -0.2) is 4.21 Å². The summed E-state index contributed by atoms with van der Waals surface area (Å²) in [4.78, 5) is 10.3. The fraction of sp³-hybridized carbons (Fsp3) is 0.211. The summed E-state index contributed by atoms with van der Waals surface area (Å²) in [6.45, 7) is 3.18. The number of nitrogens with one attached hydrogen (secondary N) is 2. The van der Waals surface area contributed by atoms with Crippen molar-refractivity contribution < 1.29 is 34.3 Å². The van der Waals surface area contributed by atoms with Crippen molar-refractivity contribution in [1.82, 2.24) is 15.0 Å². The normalized spacial score (nSPS) is 12.7. The van der Waals surface area contributed by atoms with E-state index in [-0.39, 0.29) is 28.4 Å². The van der Waals surface area contributed by atoms with Crippen LogP contribution in [0.1, 0.15) is 18.9 Å². The van der Waals surface area contributed by atoms with Crippen LogP contribution in [0.25, 0.3) is 0 Å². The first kappa shape index (κ1) is 27.7. The molecule has 1 heterocycles. The van der Waals surface area contributed by atoms with Crippen LogP contribution < -0.4 is 14.8 Å². The molecule has 1 aromatic heterocycles. The van der Waals surface area contributed by atoms with Crippen LogP contribution in [0, 0.1) is 6.92 Å². The van der Waals surface area contributed by atoms with E-state index in [1.165, 1.54) is 6.92 Å². The van der Waals surface area contributed by atoms with Gasteiger partial charge in [-0.15, -0.1) is 0 Å². The Morgan fingerprint density at radius 1 is 0.972 bits per heavy atom. The Morgan fingerprint density at radius 2 is 1.61 bits per heavy atom. The summed E-state index contributed by atoms with van der Waals surface area (Å²) in [5.74, 6) is 0.380. The maximum absolute atomic E-state index is 11.9. The average Bonchev–Trinajstić information content (AvgIpc) is 2.72. The largest absolute Gasteiger partial charge is 0.400 e. The van der Waals surface area contributed by atoms with Crippen molar-refractivity contribution in [3.05, 3.63) is 47.2 Å². The molecule has 13 nitrogen and oxygen atoms in total. The van der Waals surface area contributed by atoms with Gasteiger partial charge in [0.1, 0.15) is 10.6 Å². The Kier molecular flexibility index (Phi) is 8.48. The minimum Gasteiger partial charge on any atom is -0.400 e. The molecule has 1 unspecified atom stereocenters. The third kappa shape index (κ3) is 7.31. The molecule has 0 aliphatic heterocycles. The van der Waals surface area contributed by atoms with Gasteiger partial charge in [-0.2, -0.15) is 31.8 Å². The number of rotatable bonds is 10. The molecule has 0 fully saturated rings. The van der Waals surface area contributed by atoms with Crippen LogP contribution in [-0.2, 0) is 31.3 Å². The molecule has 1 atom stereocenters. The van der Waals surface area contributed by atoms with Crippen LogP contribution in [0.4, 0.5) is 23.3 Å². The lowest BCUT2D eigenvalue weighted by atomic mass is 10.2. The molecule has 0 amide bonds. The summed E-state index contributed by atoms with van der Waals surface area (Å²) in [5.41, 5.74) is 0.133. The van der Waals surface area contributed by atoms with Crippen molar-refractivity contribution in [3.8, 4) is 5.75 Å². The van der Waals surface area contributed by atoms with Crippen molar-refractivity contribution in [2.75, 3.05) is 16.4 Å². The second-order valence-corrected chi connectivity index (χ2v) is 11.5. The molecule has 0 saturated heterocycles. The van der Waals surface area contributed by atoms with Crippen LogP contribution in [0.2, 0.25) is 5.28 Å². The number of hydrogen-bond donors (Lipinski definition) is 4. The molecule has 0 aliphatic rings. The lowest BCUT2D eigenvalue weighted by Crippen LogP contribution is -2.10. The average molecular weight is 578 g/mol. The third-order valence-electron chi connectivity index (χ3n) is 4.34. The van der Waals surface area contributed by atoms with Crippen LogP contribution in [0.3, 0.4) is 0 Å². The number of hydrogen-bond acceptors (Lipinski definition) is 11. The van der Waals surface area contributed by atoms with Crippen molar-refractivity contribution in [2.24, 2.45) is 0 Å². The standard InChI is InChI=1S/C19H20ClN5O8S3/c1-3-7-34(26)33-13-6-4-5-12(9-13)21-18-23-17(20)24-19(25-18)22-14-8-11(2)15(35(27,28)29)10-16(14)36(30,31)32/h4-6,8-10H,3,7H2,1-2H3,(H,27,28,29)(H,30,31,32)(H2,21,22,23,24,25). The number of aryl methyl sites for hydroxylation is 1. The highest BCUT2D eigenvalue weighted by Crippen LogP contribution is 2.30. The molecule has 0 saturated carbocycles. The summed E-state index contributed by atoms with van der Waals surface area (Å²) in [5, 5.41) is 5.12. The van der Waals surface area contributed by atoms with Crippen molar-refractivity contribution in [1.29, 1.82) is 0 Å². The minimum absolute atomic E-state index is 0.0248. The predicted octanol–water partition coefficient (Wildman–Crippen LogP) is 3.27. The van der Waals surface area contributed by atoms with Gasteiger partial charge in [0.05, 0.1) is 16.3 Å². The predicted molar refractivity (Wildman–Crippen MR) is 133 cm³/mol. The van der Waals surface area contributed by atoms with E-state index in [4.69, 9.17) is 15.8 Å². The van der Waals surface area contributed by atoms with Gasteiger partial charge in [0.15, 0.2) is 0 Å². The maximum Gasteiger partial charge on any atom is 0.296 e. The monoisotopic (exact) mass is 577 g/mol. The van der Waals surface area contributed by atoms with Gasteiger partial charge >= 0.3 is 0 Å². The molecule has 0 aliphatic carbocycles. The first-order chi connectivity index (χ1) is 16.8. The minimum atomic E-state index is -4.94. The summed E-state index contributed by atoms with van der Waals surface area (Å²) in [7, 11) is -9.71. The second kappa shape index (κ2) is 11.0. The molecule has 3 aromatic rings. The van der Waals surface area contributed by atoms with E-state index in [1.54, 1.807) is 24.3 Å². The molecule has 0 bridgehead atoms. The Hall–Kier alpha value is -2.89. The van der Waals surface area contributed by atoms with Gasteiger partial charge in [0, 0.05) is 11.8 Å². The summed E-state index contributed by atoms with van der Waals surface area (Å²) < 4.78 is 83.0. The highest BCUT2D eigenvalue weighted by atomic mass is 35.5. The van der Waals surface area contributed by atoms with E-state index in [1.807, 2.05) is 6.92 Å². The molecule has 36 heavy (non-hydrogen) atoms. The van der Waals surface area contributed by atoms with Crippen molar-refractivity contribution >= 4 is 66.2 Å². The van der Waals surface area contributed by atoms with Crippen LogP contribution >= 0.6 is 11.6 Å². The third-order valence-corrected chi connectivity index (χ3v) is 7.52. The van der Waals surface area contributed by atoms with Gasteiger partial charge in [-0.05, 0) is 54.8 Å². The number of halogens is 1. The molecule has 4 N–H and O–H groups in total. The molecule has 0 radical (unpaired) electrons. The maximum atomic E-state index is 11.9. The highest BCUT2D eigenvalue weighted by Gasteiger charge is 2.24. The molecule has 194 valence electrons. The van der Waals surface area contributed by atoms with E-state index in [0.717, 1.165) is 6.07 Å². The Labute approximate surface area is 214 Å². The fourth-order valence-corrected chi connectivity index (χ4v) is 5.27. The van der Waals surface area contributed by atoms with E-state index in [0.29, 0.717) is 29.7 Å². The topological polar surface area (TPSA) is 198 Å². The zero-order valence-electron chi connectivity index (χ0n) is 18.7. The Balaban J connectivity index is 1.94. The zero-order valence-corrected chi connectivity index (χ0v) is 21.9. The van der Waals surface area contributed by atoms with Gasteiger partial charge in [0.25, 0.3) is 20.2 Å². The second-order valence-electron chi connectivity index (χ2n) is 7.18. The SMILES string of the molecule is CCCS(=O)Oc1cccc(Nc2nc(Cl)nc(Nc3cc(C)c(S(=O)(=O)O)cc3S(=O)(=O)O)n2)c1. The van der Waals surface area contributed by atoms with E-state index >= 15 is 0 Å². The Morgan fingerprint density at radius 3 is 2.22 bits per heavy atom. The first-order valence-electron chi connectivity index (χ1n) is 9.98. The fourth-order valence-electron chi connectivity index (χ4n) is 2.91. The van der Waals surface area contributed by atoms with Crippen molar-refractivity contribution in [2.45, 2.75) is 30.1 Å². The first-order valence-corrected chi connectivity index (χ1v) is 14.5. The van der Waals surface area contributed by atoms with Gasteiger partial charge in [-0.3, -0.25) is 9.11 Å². The van der Waals surface area contributed by atoms with Gasteiger partial charge < -0.3 is 14.8 Å². The molecule has 17 heteroatoms. The zero-order chi connectivity index (χ0) is 26.7. The number of anilines is 4. The van der Waals surface area contributed by atoms with Gasteiger partial charge in [-0.1, -0.05) is 13.0 Å². The van der Waals surface area contributed by atoms with Crippen LogP contribution in [0.5, 0.6) is 5.75 Å². The van der Waals surface area contributed by atoms with E-state index in [2.05, 4.69) is 25.6 Å². The quantitative estimate of drug-likeness (QED) is 0.256. The number of nitrogens with zero attached hydrogens (tertiary/aromatic N) is 3. The molecule has 2 aromatic carbocycles. The van der Waals surface area contributed by atoms with Crippen molar-refractivity contribution in [3.63, 3.8) is 0 Å². The molecular weight excluding hydrogens is 558 g/mol. The lowest BCUT2D eigenvalue weighted by molar-refractivity contribution is 0.481. The highest BCUT2D eigenvalue weighted by molar-refractivity contribution is 7.86. The van der Waals surface area contributed by atoms with Gasteiger partial charge in [0.2, 0.25) is 28.3 Å². The summed E-state index contributed by atoms with van der Waals surface area (Å²) >= 11 is 4.48. The number of benzene rings is 2.